The topological polar surface area (TPSA) is 96.1 Å². The van der Waals surface area contributed by atoms with E-state index in [1.165, 1.54) is 0 Å². The lowest BCUT2D eigenvalue weighted by molar-refractivity contribution is 0.0450. The minimum Gasteiger partial charge on any atom is -0.445 e. The van der Waals surface area contributed by atoms with E-state index < -0.39 is 0 Å². The number of rotatable bonds is 25. The van der Waals surface area contributed by atoms with Crippen molar-refractivity contribution in [1.82, 2.24) is 40.0 Å². The molecule has 1 fully saturated rings. The first kappa shape index (κ1) is 46.3. The van der Waals surface area contributed by atoms with Crippen LogP contribution in [0.15, 0.2) is 0 Å². The Balaban J connectivity index is 2.67. The van der Waals surface area contributed by atoms with E-state index in [4.69, 9.17) is 9.47 Å². The fourth-order valence-electron chi connectivity index (χ4n) is 7.60. The van der Waals surface area contributed by atoms with Gasteiger partial charge in [0.15, 0.2) is 0 Å². The van der Waals surface area contributed by atoms with Gasteiger partial charge in [0.2, 0.25) is 0 Å². The number of nitrogens with zero attached hydrogens (tertiary/aromatic N) is 6. The fraction of sp³-hybridized carbons (Fsp3) is 0.947. The predicted molar refractivity (Wildman–Crippen MR) is 208 cm³/mol. The van der Waals surface area contributed by atoms with Crippen LogP contribution >= 0.6 is 0 Å². The lowest BCUT2D eigenvalue weighted by Gasteiger charge is -2.46. The van der Waals surface area contributed by atoms with E-state index in [2.05, 4.69) is 117 Å². The van der Waals surface area contributed by atoms with Crippen LogP contribution in [0, 0.1) is 10.8 Å². The second-order valence-corrected chi connectivity index (χ2v) is 17.4. The van der Waals surface area contributed by atoms with Crippen molar-refractivity contribution in [2.24, 2.45) is 10.8 Å². The Morgan fingerprint density at radius 3 is 1.38 bits per heavy atom. The third-order valence-corrected chi connectivity index (χ3v) is 9.39. The molecule has 0 aliphatic heterocycles. The van der Waals surface area contributed by atoms with E-state index in [0.717, 1.165) is 110 Å². The van der Waals surface area contributed by atoms with Gasteiger partial charge in [-0.25, -0.2) is 9.59 Å². The van der Waals surface area contributed by atoms with Gasteiger partial charge in [-0.1, -0.05) is 20.8 Å². The van der Waals surface area contributed by atoms with Gasteiger partial charge in [-0.15, -0.1) is 0 Å². The predicted octanol–water partition coefficient (Wildman–Crippen LogP) is 4.21. The molecule has 0 aromatic carbocycles. The summed E-state index contributed by atoms with van der Waals surface area (Å²) >= 11 is 0. The Kier molecular flexibility index (Phi) is 22.0. The van der Waals surface area contributed by atoms with E-state index in [0.29, 0.717) is 6.54 Å². The van der Waals surface area contributed by atoms with Gasteiger partial charge in [-0.05, 0) is 178 Å². The summed E-state index contributed by atoms with van der Waals surface area (Å²) in [5.41, 5.74) is -0.182. The summed E-state index contributed by atoms with van der Waals surface area (Å²) in [5, 5.41) is 6.27. The molecule has 2 amide bonds. The van der Waals surface area contributed by atoms with E-state index in [-0.39, 0.29) is 41.3 Å². The van der Waals surface area contributed by atoms with Gasteiger partial charge < -0.3 is 39.7 Å². The fourth-order valence-corrected chi connectivity index (χ4v) is 7.60. The molecule has 2 N–H and O–H groups in total. The summed E-state index contributed by atoms with van der Waals surface area (Å²) in [6, 6.07) is -0.0330. The lowest BCUT2D eigenvalue weighted by atomic mass is 9.62. The van der Waals surface area contributed by atoms with Crippen molar-refractivity contribution < 1.29 is 19.1 Å². The van der Waals surface area contributed by atoms with Crippen molar-refractivity contribution in [3.63, 3.8) is 0 Å². The summed E-state index contributed by atoms with van der Waals surface area (Å²) in [4.78, 5) is 39.8. The number of ether oxygens (including phenoxy) is 2. The molecule has 4 unspecified atom stereocenters. The van der Waals surface area contributed by atoms with Crippen LogP contribution in [0.25, 0.3) is 0 Å². The molecule has 50 heavy (non-hydrogen) atoms. The van der Waals surface area contributed by atoms with Gasteiger partial charge in [0.05, 0.1) is 0 Å². The zero-order valence-corrected chi connectivity index (χ0v) is 34.8. The molecule has 296 valence electrons. The monoisotopic (exact) mass is 713 g/mol. The van der Waals surface area contributed by atoms with Crippen LogP contribution in [0.5, 0.6) is 0 Å². The second kappa shape index (κ2) is 23.8. The summed E-state index contributed by atoms with van der Waals surface area (Å²) in [7, 11) is 16.8. The normalized spacial score (nSPS) is 20.6. The van der Waals surface area contributed by atoms with E-state index in [1.807, 2.05) is 13.8 Å². The maximum Gasteiger partial charge on any atom is 0.407 e. The average molecular weight is 713 g/mol. The zero-order chi connectivity index (χ0) is 37.9. The first-order chi connectivity index (χ1) is 23.3. The average Bonchev–Trinajstić information content (AvgIpc) is 2.93. The highest BCUT2D eigenvalue weighted by Gasteiger charge is 2.42. The third kappa shape index (κ3) is 23.0. The van der Waals surface area contributed by atoms with Gasteiger partial charge in [-0.3, -0.25) is 9.80 Å². The van der Waals surface area contributed by atoms with Gasteiger partial charge in [0.25, 0.3) is 0 Å². The van der Waals surface area contributed by atoms with E-state index >= 15 is 0 Å². The standard InChI is InChI=1S/C38H80N8O4/c1-32(28-45(22-14-18-41(6)7)23-15-19-42(8)9)49-35(47)39-31-38(5)27-34(26-37(3,4)30-38)40-36(48)50-33(2)29-46(24-16-20-43(10)11)25-17-21-44(12)13/h32-34H,14-31H2,1-13H3,(H,39,47)(H,40,48). The van der Waals surface area contributed by atoms with Crippen molar-refractivity contribution in [2.45, 2.75) is 97.8 Å². The molecule has 1 saturated carbocycles. The number of hydrogen-bond donors (Lipinski definition) is 2. The number of nitrogens with one attached hydrogen (secondary N) is 2. The molecule has 1 aliphatic carbocycles. The summed E-state index contributed by atoms with van der Waals surface area (Å²) < 4.78 is 11.8. The molecule has 4 atom stereocenters. The first-order valence-corrected chi connectivity index (χ1v) is 19.2. The van der Waals surface area contributed by atoms with Gasteiger partial charge in [0, 0.05) is 25.7 Å². The smallest absolute Gasteiger partial charge is 0.407 e. The molecule has 0 radical (unpaired) electrons. The number of alkyl carbamates (subject to hydrolysis) is 2. The number of carbonyl (C=O) groups is 2. The van der Waals surface area contributed by atoms with Crippen LogP contribution in [0.3, 0.4) is 0 Å². The van der Waals surface area contributed by atoms with E-state index in [1.54, 1.807) is 0 Å². The maximum absolute atomic E-state index is 13.1. The van der Waals surface area contributed by atoms with Crippen LogP contribution < -0.4 is 10.6 Å². The summed E-state index contributed by atoms with van der Waals surface area (Å²) in [5.74, 6) is 0. The SMILES string of the molecule is CC(CN(CCCN(C)C)CCCN(C)C)OC(=O)NCC1(C)CC(NC(=O)OC(C)CN(CCCN(C)C)CCCN(C)C)CC(C)(C)C1. The molecule has 0 saturated heterocycles. The molecule has 0 aromatic rings. The minimum absolute atomic E-state index is 0.00469. The Hall–Kier alpha value is -1.70. The summed E-state index contributed by atoms with van der Waals surface area (Å²) in [6.07, 6.45) is 5.74. The number of carbonyl (C=O) groups excluding carboxylic acids is 2. The molecular weight excluding hydrogens is 632 g/mol. The van der Waals surface area contributed by atoms with Crippen LogP contribution in [-0.2, 0) is 9.47 Å². The van der Waals surface area contributed by atoms with Crippen LogP contribution in [0.1, 0.15) is 79.6 Å². The Labute approximate surface area is 307 Å². The Morgan fingerprint density at radius 1 is 0.620 bits per heavy atom. The van der Waals surface area contributed by atoms with Crippen molar-refractivity contribution in [3.8, 4) is 0 Å². The molecule has 0 heterocycles. The van der Waals surface area contributed by atoms with Crippen molar-refractivity contribution in [2.75, 3.05) is 128 Å². The van der Waals surface area contributed by atoms with Crippen molar-refractivity contribution in [3.05, 3.63) is 0 Å². The Morgan fingerprint density at radius 2 is 1.00 bits per heavy atom. The highest BCUT2D eigenvalue weighted by Crippen LogP contribution is 2.45. The lowest BCUT2D eigenvalue weighted by Crippen LogP contribution is -2.51. The molecule has 0 aromatic heterocycles. The molecule has 1 rings (SSSR count). The Bertz CT molecular complexity index is 906. The second-order valence-electron chi connectivity index (χ2n) is 17.4. The van der Waals surface area contributed by atoms with Crippen LogP contribution in [0.2, 0.25) is 0 Å². The van der Waals surface area contributed by atoms with Crippen LogP contribution in [-0.4, -0.2) is 188 Å². The zero-order valence-electron chi connectivity index (χ0n) is 34.8. The van der Waals surface area contributed by atoms with Gasteiger partial charge in [0.1, 0.15) is 12.2 Å². The largest absolute Gasteiger partial charge is 0.445 e. The number of amides is 2. The molecule has 0 spiro atoms. The molecule has 12 heteroatoms. The highest BCUT2D eigenvalue weighted by molar-refractivity contribution is 5.68. The van der Waals surface area contributed by atoms with Gasteiger partial charge in [-0.2, -0.15) is 0 Å². The number of hydrogen-bond acceptors (Lipinski definition) is 10. The van der Waals surface area contributed by atoms with Gasteiger partial charge >= 0.3 is 12.2 Å². The molecular formula is C38H80N8O4. The quantitative estimate of drug-likeness (QED) is 0.143. The first-order valence-electron chi connectivity index (χ1n) is 19.2. The highest BCUT2D eigenvalue weighted by atomic mass is 16.6. The van der Waals surface area contributed by atoms with E-state index in [9.17, 15) is 9.59 Å². The van der Waals surface area contributed by atoms with Crippen molar-refractivity contribution >= 4 is 12.2 Å². The minimum atomic E-state index is -0.373. The molecule has 1 aliphatic rings. The van der Waals surface area contributed by atoms with Crippen LogP contribution in [0.4, 0.5) is 9.59 Å². The van der Waals surface area contributed by atoms with Crippen molar-refractivity contribution in [1.29, 1.82) is 0 Å². The maximum atomic E-state index is 13.1. The molecule has 12 nitrogen and oxygen atoms in total. The third-order valence-electron chi connectivity index (χ3n) is 9.39. The summed E-state index contributed by atoms with van der Waals surface area (Å²) in [6.45, 7) is 20.7. The molecule has 0 bridgehead atoms.